The molecule has 18 heavy (non-hydrogen) atoms. The average Bonchev–Trinajstić information content (AvgIpc) is 2.64. The first-order valence-corrected chi connectivity index (χ1v) is 7.59. The summed E-state index contributed by atoms with van der Waals surface area (Å²) in [5.74, 6) is 0. The SMILES string of the molecule is C=CCCCCCC(O)C1(OC)CCCCCC1. The largest absolute Gasteiger partial charge is 0.390 e. The number of hydrogen-bond donors (Lipinski definition) is 1. The van der Waals surface area contributed by atoms with E-state index in [4.69, 9.17) is 4.74 Å². The molecular weight excluding hydrogens is 224 g/mol. The van der Waals surface area contributed by atoms with Crippen LogP contribution in [0.5, 0.6) is 0 Å². The van der Waals surface area contributed by atoms with Gasteiger partial charge in [0.05, 0.1) is 11.7 Å². The molecule has 2 heteroatoms. The minimum atomic E-state index is -0.288. The summed E-state index contributed by atoms with van der Waals surface area (Å²) in [6, 6.07) is 0. The second kappa shape index (κ2) is 8.71. The predicted molar refractivity (Wildman–Crippen MR) is 76.7 cm³/mol. The van der Waals surface area contributed by atoms with E-state index in [9.17, 15) is 5.11 Å². The number of allylic oxidation sites excluding steroid dienone is 1. The zero-order valence-corrected chi connectivity index (χ0v) is 12.0. The summed E-state index contributed by atoms with van der Waals surface area (Å²) < 4.78 is 5.73. The first-order valence-electron chi connectivity index (χ1n) is 7.59. The van der Waals surface area contributed by atoms with Crippen molar-refractivity contribution in [2.24, 2.45) is 0 Å². The fraction of sp³-hybridized carbons (Fsp3) is 0.875. The lowest BCUT2D eigenvalue weighted by Gasteiger charge is -2.36. The van der Waals surface area contributed by atoms with E-state index in [1.807, 2.05) is 6.08 Å². The Labute approximate surface area is 112 Å². The lowest BCUT2D eigenvalue weighted by molar-refractivity contribution is -0.114. The van der Waals surface area contributed by atoms with E-state index in [1.54, 1.807) is 7.11 Å². The van der Waals surface area contributed by atoms with E-state index in [2.05, 4.69) is 6.58 Å². The van der Waals surface area contributed by atoms with E-state index in [-0.39, 0.29) is 11.7 Å². The highest BCUT2D eigenvalue weighted by molar-refractivity contribution is 4.89. The normalized spacial score (nSPS) is 21.2. The lowest BCUT2D eigenvalue weighted by Crippen LogP contribution is -2.43. The maximum absolute atomic E-state index is 10.5. The molecule has 1 aliphatic carbocycles. The fourth-order valence-corrected chi connectivity index (χ4v) is 3.07. The van der Waals surface area contributed by atoms with Crippen LogP contribution in [-0.4, -0.2) is 23.9 Å². The molecule has 0 aromatic rings. The molecule has 2 nitrogen and oxygen atoms in total. The Morgan fingerprint density at radius 1 is 1.17 bits per heavy atom. The van der Waals surface area contributed by atoms with Crippen LogP contribution in [0.4, 0.5) is 0 Å². The summed E-state index contributed by atoms with van der Waals surface area (Å²) in [5, 5.41) is 10.5. The standard InChI is InChI=1S/C16H30O2/c1-3-4-5-6-9-12-15(17)16(18-2)13-10-7-8-11-14-16/h3,15,17H,1,4-14H2,2H3. The van der Waals surface area contributed by atoms with Crippen LogP contribution in [0.3, 0.4) is 0 Å². The molecule has 1 aliphatic rings. The number of rotatable bonds is 8. The van der Waals surface area contributed by atoms with Crippen molar-refractivity contribution in [2.75, 3.05) is 7.11 Å². The molecule has 0 aromatic heterocycles. The monoisotopic (exact) mass is 254 g/mol. The molecule has 0 spiro atoms. The summed E-state index contributed by atoms with van der Waals surface area (Å²) in [4.78, 5) is 0. The molecule has 1 unspecified atom stereocenters. The molecule has 0 heterocycles. The van der Waals surface area contributed by atoms with E-state index in [0.29, 0.717) is 0 Å². The van der Waals surface area contributed by atoms with Gasteiger partial charge in [0.2, 0.25) is 0 Å². The quantitative estimate of drug-likeness (QED) is 0.399. The molecule has 0 amide bonds. The zero-order chi connectivity index (χ0) is 13.3. The number of aliphatic hydroxyl groups excluding tert-OH is 1. The van der Waals surface area contributed by atoms with Crippen LogP contribution >= 0.6 is 0 Å². The Morgan fingerprint density at radius 3 is 2.39 bits per heavy atom. The van der Waals surface area contributed by atoms with Crippen LogP contribution < -0.4 is 0 Å². The van der Waals surface area contributed by atoms with Gasteiger partial charge < -0.3 is 9.84 Å². The van der Waals surface area contributed by atoms with Gasteiger partial charge in [-0.1, -0.05) is 44.6 Å². The third kappa shape index (κ3) is 4.74. The lowest BCUT2D eigenvalue weighted by atomic mass is 9.85. The summed E-state index contributed by atoms with van der Waals surface area (Å²) in [7, 11) is 1.77. The molecular formula is C16H30O2. The maximum Gasteiger partial charge on any atom is 0.0936 e. The number of ether oxygens (including phenoxy) is 1. The van der Waals surface area contributed by atoms with Gasteiger partial charge in [0, 0.05) is 7.11 Å². The van der Waals surface area contributed by atoms with Gasteiger partial charge in [-0.05, 0) is 32.1 Å². The van der Waals surface area contributed by atoms with E-state index in [0.717, 1.165) is 32.1 Å². The zero-order valence-electron chi connectivity index (χ0n) is 12.0. The predicted octanol–water partition coefficient (Wildman–Crippen LogP) is 4.22. The van der Waals surface area contributed by atoms with E-state index < -0.39 is 0 Å². The second-order valence-electron chi connectivity index (χ2n) is 5.63. The Hall–Kier alpha value is -0.340. The molecule has 1 N–H and O–H groups in total. The Balaban J connectivity index is 2.35. The van der Waals surface area contributed by atoms with Gasteiger partial charge in [0.25, 0.3) is 0 Å². The highest BCUT2D eigenvalue weighted by Gasteiger charge is 2.37. The topological polar surface area (TPSA) is 29.5 Å². The molecule has 0 saturated heterocycles. The Morgan fingerprint density at radius 2 is 1.83 bits per heavy atom. The van der Waals surface area contributed by atoms with Crippen molar-refractivity contribution in [1.29, 1.82) is 0 Å². The highest BCUT2D eigenvalue weighted by atomic mass is 16.5. The molecule has 0 aliphatic heterocycles. The molecule has 0 radical (unpaired) electrons. The minimum Gasteiger partial charge on any atom is -0.390 e. The van der Waals surface area contributed by atoms with E-state index >= 15 is 0 Å². The smallest absolute Gasteiger partial charge is 0.0936 e. The van der Waals surface area contributed by atoms with Crippen LogP contribution in [-0.2, 0) is 4.74 Å². The van der Waals surface area contributed by atoms with Gasteiger partial charge in [0.15, 0.2) is 0 Å². The third-order valence-corrected chi connectivity index (χ3v) is 4.35. The van der Waals surface area contributed by atoms with Gasteiger partial charge >= 0.3 is 0 Å². The fourth-order valence-electron chi connectivity index (χ4n) is 3.07. The molecule has 106 valence electrons. The number of unbranched alkanes of at least 4 members (excludes halogenated alkanes) is 3. The second-order valence-corrected chi connectivity index (χ2v) is 5.63. The number of hydrogen-bond acceptors (Lipinski definition) is 2. The third-order valence-electron chi connectivity index (χ3n) is 4.35. The van der Waals surface area contributed by atoms with Crippen LogP contribution in [0, 0.1) is 0 Å². The van der Waals surface area contributed by atoms with Crippen LogP contribution in [0.1, 0.15) is 70.6 Å². The highest BCUT2D eigenvalue weighted by Crippen LogP contribution is 2.34. The van der Waals surface area contributed by atoms with Crippen molar-refractivity contribution in [3.8, 4) is 0 Å². The molecule has 0 bridgehead atoms. The van der Waals surface area contributed by atoms with Crippen molar-refractivity contribution < 1.29 is 9.84 Å². The van der Waals surface area contributed by atoms with Gasteiger partial charge in [-0.3, -0.25) is 0 Å². The van der Waals surface area contributed by atoms with Crippen molar-refractivity contribution in [1.82, 2.24) is 0 Å². The summed E-state index contributed by atoms with van der Waals surface area (Å²) in [6.07, 6.45) is 14.1. The Bertz CT molecular complexity index is 217. The minimum absolute atomic E-state index is 0.255. The van der Waals surface area contributed by atoms with Gasteiger partial charge in [-0.2, -0.15) is 0 Å². The molecule has 1 rings (SSSR count). The molecule has 1 saturated carbocycles. The summed E-state index contributed by atoms with van der Waals surface area (Å²) in [5.41, 5.74) is -0.255. The maximum atomic E-state index is 10.5. The number of aliphatic hydroxyl groups is 1. The van der Waals surface area contributed by atoms with Crippen molar-refractivity contribution in [3.63, 3.8) is 0 Å². The van der Waals surface area contributed by atoms with Crippen LogP contribution in [0.25, 0.3) is 0 Å². The summed E-state index contributed by atoms with van der Waals surface area (Å²) in [6.45, 7) is 3.73. The van der Waals surface area contributed by atoms with Gasteiger partial charge in [0.1, 0.15) is 0 Å². The number of methoxy groups -OCH3 is 1. The van der Waals surface area contributed by atoms with Gasteiger partial charge in [-0.15, -0.1) is 6.58 Å². The molecule has 1 atom stereocenters. The van der Waals surface area contributed by atoms with Crippen molar-refractivity contribution >= 4 is 0 Å². The first kappa shape index (κ1) is 15.7. The molecule has 0 aromatic carbocycles. The average molecular weight is 254 g/mol. The van der Waals surface area contributed by atoms with Crippen molar-refractivity contribution in [3.05, 3.63) is 12.7 Å². The van der Waals surface area contributed by atoms with Gasteiger partial charge in [-0.25, -0.2) is 0 Å². The molecule has 1 fully saturated rings. The Kier molecular flexibility index (Phi) is 7.60. The van der Waals surface area contributed by atoms with Crippen molar-refractivity contribution in [2.45, 2.75) is 82.3 Å². The van der Waals surface area contributed by atoms with E-state index in [1.165, 1.54) is 38.5 Å². The van der Waals surface area contributed by atoms with Crippen LogP contribution in [0.2, 0.25) is 0 Å². The summed E-state index contributed by atoms with van der Waals surface area (Å²) >= 11 is 0. The van der Waals surface area contributed by atoms with Crippen LogP contribution in [0.15, 0.2) is 12.7 Å². The first-order chi connectivity index (χ1) is 8.75.